The summed E-state index contributed by atoms with van der Waals surface area (Å²) in [5.74, 6) is -0.162. The Labute approximate surface area is 531 Å². The van der Waals surface area contributed by atoms with E-state index in [1.807, 2.05) is 6.08 Å². The van der Waals surface area contributed by atoms with Gasteiger partial charge in [-0.25, -0.2) is 0 Å². The van der Waals surface area contributed by atoms with Crippen molar-refractivity contribution in [1.82, 2.24) is 5.32 Å². The second-order valence-corrected chi connectivity index (χ2v) is 26.4. The zero-order chi connectivity index (χ0) is 62.3. The highest BCUT2D eigenvalue weighted by atomic mass is 16.7. The molecule has 11 nitrogen and oxygen atoms in total. The highest BCUT2D eigenvalue weighted by Crippen LogP contribution is 2.24. The standard InChI is InChI=1S/C75H143NO10/c1-3-5-7-9-11-13-14-15-40-43-47-51-55-59-63-71(80)84-64-60-56-52-48-44-41-38-36-34-32-30-28-26-24-22-20-18-16-17-19-21-23-25-27-29-31-33-35-37-39-42-46-50-54-58-62-70(79)76-67(68(78)61-57-53-49-45-12-10-8-6-4-2)66-85-75-74(83)73(82)72(81)69(65-77)86-75/h18,20,57,61,67-69,72-75,77-78,81-83H,3-17,19,21-56,58-60,62-66H2,1-2H3,(H,76,79)/b20-18-,61-57+. The van der Waals surface area contributed by atoms with E-state index in [0.29, 0.717) is 19.4 Å². The zero-order valence-electron chi connectivity index (χ0n) is 56.6. The molecule has 0 bridgehead atoms. The molecule has 1 aliphatic rings. The second-order valence-electron chi connectivity index (χ2n) is 26.4. The van der Waals surface area contributed by atoms with E-state index in [4.69, 9.17) is 14.2 Å². The summed E-state index contributed by atoms with van der Waals surface area (Å²) >= 11 is 0. The smallest absolute Gasteiger partial charge is 0.305 e. The van der Waals surface area contributed by atoms with Gasteiger partial charge in [0.05, 0.1) is 32.0 Å². The number of hydrogen-bond acceptors (Lipinski definition) is 10. The van der Waals surface area contributed by atoms with Crippen molar-refractivity contribution in [3.05, 3.63) is 24.3 Å². The lowest BCUT2D eigenvalue weighted by Gasteiger charge is -2.40. The van der Waals surface area contributed by atoms with Crippen LogP contribution in [0.25, 0.3) is 0 Å². The molecule has 86 heavy (non-hydrogen) atoms. The van der Waals surface area contributed by atoms with Crippen LogP contribution in [0.2, 0.25) is 0 Å². The van der Waals surface area contributed by atoms with Gasteiger partial charge in [0.15, 0.2) is 6.29 Å². The third kappa shape index (κ3) is 52.9. The monoisotopic (exact) mass is 1220 g/mol. The van der Waals surface area contributed by atoms with Crippen LogP contribution in [-0.4, -0.2) is 100 Å². The van der Waals surface area contributed by atoms with Crippen LogP contribution in [0.15, 0.2) is 24.3 Å². The van der Waals surface area contributed by atoms with E-state index in [1.165, 1.54) is 302 Å². The molecule has 1 heterocycles. The predicted octanol–water partition coefficient (Wildman–Crippen LogP) is 19.6. The molecule has 0 aromatic rings. The molecular weight excluding hydrogens is 1070 g/mol. The lowest BCUT2D eigenvalue weighted by molar-refractivity contribution is -0.302. The number of rotatable bonds is 67. The third-order valence-electron chi connectivity index (χ3n) is 18.1. The Morgan fingerprint density at radius 1 is 0.419 bits per heavy atom. The summed E-state index contributed by atoms with van der Waals surface area (Å²) in [6.07, 6.45) is 72.1. The van der Waals surface area contributed by atoms with Crippen LogP contribution in [0.4, 0.5) is 0 Å². The van der Waals surface area contributed by atoms with Gasteiger partial charge in [-0.1, -0.05) is 334 Å². The van der Waals surface area contributed by atoms with E-state index in [2.05, 4.69) is 31.3 Å². The van der Waals surface area contributed by atoms with Crippen molar-refractivity contribution >= 4 is 11.9 Å². The summed E-state index contributed by atoms with van der Waals surface area (Å²) in [5.41, 5.74) is 0. The molecule has 11 heteroatoms. The number of carbonyl (C=O) groups is 2. The highest BCUT2D eigenvalue weighted by molar-refractivity contribution is 5.76. The number of aliphatic hydroxyl groups excluding tert-OH is 5. The first-order chi connectivity index (χ1) is 42.2. The molecule has 6 N–H and O–H groups in total. The molecule has 7 unspecified atom stereocenters. The number of aliphatic hydroxyl groups is 5. The Bertz CT molecular complexity index is 1480. The Balaban J connectivity index is 1.87. The molecule has 0 radical (unpaired) electrons. The first kappa shape index (κ1) is 82.2. The molecule has 1 aliphatic heterocycles. The molecule has 0 aromatic carbocycles. The van der Waals surface area contributed by atoms with Crippen molar-refractivity contribution in [3.8, 4) is 0 Å². The van der Waals surface area contributed by atoms with Gasteiger partial charge in [0.1, 0.15) is 24.4 Å². The van der Waals surface area contributed by atoms with Crippen molar-refractivity contribution in [2.75, 3.05) is 19.8 Å². The maximum Gasteiger partial charge on any atom is 0.305 e. The van der Waals surface area contributed by atoms with Gasteiger partial charge in [-0.15, -0.1) is 0 Å². The molecule has 1 saturated heterocycles. The Hall–Kier alpha value is -1.86. The topological polar surface area (TPSA) is 175 Å². The van der Waals surface area contributed by atoms with Crippen LogP contribution in [0.3, 0.4) is 0 Å². The molecule has 1 rings (SSSR count). The summed E-state index contributed by atoms with van der Waals surface area (Å²) in [7, 11) is 0. The minimum Gasteiger partial charge on any atom is -0.466 e. The maximum absolute atomic E-state index is 13.0. The van der Waals surface area contributed by atoms with Crippen LogP contribution >= 0.6 is 0 Å². The maximum atomic E-state index is 13.0. The number of carbonyl (C=O) groups excluding carboxylic acids is 2. The number of esters is 1. The van der Waals surface area contributed by atoms with Gasteiger partial charge in [0.2, 0.25) is 5.91 Å². The molecule has 1 fully saturated rings. The van der Waals surface area contributed by atoms with E-state index in [9.17, 15) is 35.1 Å². The zero-order valence-corrected chi connectivity index (χ0v) is 56.6. The van der Waals surface area contributed by atoms with Crippen molar-refractivity contribution in [2.24, 2.45) is 0 Å². The summed E-state index contributed by atoms with van der Waals surface area (Å²) in [4.78, 5) is 25.1. The van der Waals surface area contributed by atoms with E-state index in [0.717, 1.165) is 51.4 Å². The minimum absolute atomic E-state index is 0.0164. The number of unbranched alkanes of at least 4 members (excludes halogenated alkanes) is 51. The first-order valence-electron chi connectivity index (χ1n) is 37.6. The van der Waals surface area contributed by atoms with E-state index in [-0.39, 0.29) is 18.5 Å². The van der Waals surface area contributed by atoms with E-state index in [1.54, 1.807) is 6.08 Å². The van der Waals surface area contributed by atoms with Gasteiger partial charge < -0.3 is 45.1 Å². The van der Waals surface area contributed by atoms with Crippen molar-refractivity contribution < 1.29 is 49.3 Å². The highest BCUT2D eigenvalue weighted by Gasteiger charge is 2.44. The first-order valence-corrected chi connectivity index (χ1v) is 37.6. The van der Waals surface area contributed by atoms with Crippen LogP contribution in [0, 0.1) is 0 Å². The number of amides is 1. The summed E-state index contributed by atoms with van der Waals surface area (Å²) < 4.78 is 16.7. The van der Waals surface area contributed by atoms with Crippen LogP contribution in [-0.2, 0) is 23.8 Å². The van der Waals surface area contributed by atoms with Gasteiger partial charge >= 0.3 is 5.97 Å². The summed E-state index contributed by atoms with van der Waals surface area (Å²) in [6.45, 7) is 4.36. The van der Waals surface area contributed by atoms with Crippen molar-refractivity contribution in [2.45, 2.75) is 423 Å². The van der Waals surface area contributed by atoms with Crippen LogP contribution in [0.1, 0.15) is 380 Å². The quantitative estimate of drug-likeness (QED) is 0.0195. The average Bonchev–Trinajstić information content (AvgIpc) is 2.21. The predicted molar refractivity (Wildman–Crippen MR) is 361 cm³/mol. The number of hydrogen-bond donors (Lipinski definition) is 6. The number of allylic oxidation sites excluding steroid dienone is 3. The van der Waals surface area contributed by atoms with E-state index < -0.39 is 49.5 Å². The average molecular weight is 1220 g/mol. The number of nitrogens with one attached hydrogen (secondary N) is 1. The fourth-order valence-corrected chi connectivity index (χ4v) is 12.1. The molecular formula is C75H143NO10. The lowest BCUT2D eigenvalue weighted by atomic mass is 9.99. The molecule has 508 valence electrons. The normalized spacial score (nSPS) is 18.0. The van der Waals surface area contributed by atoms with Crippen molar-refractivity contribution in [1.29, 1.82) is 0 Å². The molecule has 0 spiro atoms. The Kier molecular flexibility index (Phi) is 61.8. The SMILES string of the molecule is CCCCCCCCC/C=C/C(O)C(COC1OC(CO)C(O)C(O)C1O)NC(=O)CCCCCCCCCCCCCCCCCCC/C=C\CCCCCCCCCCCCCCCCOC(=O)CCCCCCCCCCCCCCCC. The van der Waals surface area contributed by atoms with Gasteiger partial charge in [-0.3, -0.25) is 9.59 Å². The molecule has 0 saturated carbocycles. The minimum atomic E-state index is -1.57. The molecule has 1 amide bonds. The fourth-order valence-electron chi connectivity index (χ4n) is 12.1. The van der Waals surface area contributed by atoms with Crippen molar-refractivity contribution in [3.63, 3.8) is 0 Å². The number of ether oxygens (including phenoxy) is 3. The van der Waals surface area contributed by atoms with Gasteiger partial charge in [-0.2, -0.15) is 0 Å². The van der Waals surface area contributed by atoms with E-state index >= 15 is 0 Å². The van der Waals surface area contributed by atoms with Gasteiger partial charge in [0.25, 0.3) is 0 Å². The van der Waals surface area contributed by atoms with Crippen LogP contribution < -0.4 is 5.32 Å². The van der Waals surface area contributed by atoms with Crippen LogP contribution in [0.5, 0.6) is 0 Å². The third-order valence-corrected chi connectivity index (χ3v) is 18.1. The Morgan fingerprint density at radius 2 is 0.744 bits per heavy atom. The van der Waals surface area contributed by atoms with Gasteiger partial charge in [-0.05, 0) is 57.8 Å². The molecule has 0 aromatic heterocycles. The summed E-state index contributed by atoms with van der Waals surface area (Å²) in [5, 5.41) is 54.3. The fraction of sp³-hybridized carbons (Fsp3) is 0.920. The largest absolute Gasteiger partial charge is 0.466 e. The van der Waals surface area contributed by atoms with Gasteiger partial charge in [0, 0.05) is 12.8 Å². The lowest BCUT2D eigenvalue weighted by Crippen LogP contribution is -2.60. The molecule has 0 aliphatic carbocycles. The summed E-state index contributed by atoms with van der Waals surface area (Å²) in [6, 6.07) is -0.805. The second kappa shape index (κ2) is 64.7. The Morgan fingerprint density at radius 3 is 1.12 bits per heavy atom. The molecule has 7 atom stereocenters.